The van der Waals surface area contributed by atoms with Gasteiger partial charge in [0.1, 0.15) is 5.82 Å². The maximum atomic E-state index is 13.0. The van der Waals surface area contributed by atoms with Crippen molar-refractivity contribution in [1.29, 1.82) is 0 Å². The van der Waals surface area contributed by atoms with Gasteiger partial charge in [-0.05, 0) is 53.4 Å². The summed E-state index contributed by atoms with van der Waals surface area (Å²) in [5.41, 5.74) is -0.262. The second kappa shape index (κ2) is 5.24. The number of anilines is 1. The second-order valence-corrected chi connectivity index (χ2v) is 5.37. The summed E-state index contributed by atoms with van der Waals surface area (Å²) in [7, 11) is 0. The number of hydrogen-bond donors (Lipinski definition) is 3. The van der Waals surface area contributed by atoms with Crippen molar-refractivity contribution in [1.82, 2.24) is 5.32 Å². The molecule has 18 heavy (non-hydrogen) atoms. The molecule has 3 N–H and O–H groups in total. The van der Waals surface area contributed by atoms with E-state index in [1.807, 2.05) is 0 Å². The van der Waals surface area contributed by atoms with E-state index in [2.05, 4.69) is 26.6 Å². The van der Waals surface area contributed by atoms with Crippen molar-refractivity contribution in [3.8, 4) is 0 Å². The first-order valence-electron chi connectivity index (χ1n) is 5.71. The number of urea groups is 1. The number of carbonyl (C=O) groups is 1. The molecule has 0 spiro atoms. The number of rotatable bonds is 3. The Morgan fingerprint density at radius 3 is 2.78 bits per heavy atom. The van der Waals surface area contributed by atoms with E-state index in [0.29, 0.717) is 5.69 Å². The molecule has 4 nitrogen and oxygen atoms in total. The van der Waals surface area contributed by atoms with Crippen molar-refractivity contribution in [2.45, 2.75) is 24.9 Å². The van der Waals surface area contributed by atoms with Gasteiger partial charge in [-0.15, -0.1) is 0 Å². The molecule has 1 aromatic carbocycles. The fraction of sp³-hybridized carbons (Fsp3) is 0.417. The molecule has 6 heteroatoms. The molecule has 0 bridgehead atoms. The van der Waals surface area contributed by atoms with Gasteiger partial charge in [-0.1, -0.05) is 0 Å². The smallest absolute Gasteiger partial charge is 0.319 e. The van der Waals surface area contributed by atoms with Crippen LogP contribution in [0.4, 0.5) is 14.9 Å². The van der Waals surface area contributed by atoms with E-state index in [9.17, 15) is 14.3 Å². The summed E-state index contributed by atoms with van der Waals surface area (Å²) in [5, 5.41) is 15.0. The highest BCUT2D eigenvalue weighted by Crippen LogP contribution is 2.30. The number of carbonyl (C=O) groups excluding carboxylic acids is 1. The molecular weight excluding hydrogens is 303 g/mol. The zero-order valence-electron chi connectivity index (χ0n) is 9.67. The molecule has 2 amide bonds. The van der Waals surface area contributed by atoms with E-state index in [0.717, 1.165) is 19.3 Å². The second-order valence-electron chi connectivity index (χ2n) is 4.51. The van der Waals surface area contributed by atoms with Crippen LogP contribution in [0.3, 0.4) is 0 Å². The molecule has 1 fully saturated rings. The molecule has 0 heterocycles. The van der Waals surface area contributed by atoms with Crippen LogP contribution >= 0.6 is 15.9 Å². The third kappa shape index (κ3) is 3.20. The number of amides is 2. The average molecular weight is 317 g/mol. The van der Waals surface area contributed by atoms with Gasteiger partial charge >= 0.3 is 6.03 Å². The third-order valence-corrected chi connectivity index (χ3v) is 3.65. The quantitative estimate of drug-likeness (QED) is 0.802. The normalized spacial score (nSPS) is 16.8. The molecule has 98 valence electrons. The van der Waals surface area contributed by atoms with Crippen LogP contribution in [0.1, 0.15) is 19.3 Å². The third-order valence-electron chi connectivity index (χ3n) is 3.04. The Kier molecular flexibility index (Phi) is 3.87. The van der Waals surface area contributed by atoms with Crippen molar-refractivity contribution in [2.24, 2.45) is 0 Å². The van der Waals surface area contributed by atoms with Gasteiger partial charge in [0, 0.05) is 12.2 Å². The van der Waals surface area contributed by atoms with Crippen LogP contribution in [0.25, 0.3) is 0 Å². The van der Waals surface area contributed by atoms with Crippen LogP contribution in [-0.2, 0) is 0 Å². The topological polar surface area (TPSA) is 61.4 Å². The fourth-order valence-corrected chi connectivity index (χ4v) is 2.13. The maximum absolute atomic E-state index is 13.0. The minimum atomic E-state index is -0.749. The van der Waals surface area contributed by atoms with Gasteiger partial charge in [-0.3, -0.25) is 0 Å². The largest absolute Gasteiger partial charge is 0.388 e. The van der Waals surface area contributed by atoms with Crippen molar-refractivity contribution >= 4 is 27.6 Å². The Bertz CT molecular complexity index is 463. The summed E-state index contributed by atoms with van der Waals surface area (Å²) in [5.74, 6) is -0.385. The number of nitrogens with one attached hydrogen (secondary N) is 2. The van der Waals surface area contributed by atoms with Gasteiger partial charge in [0.15, 0.2) is 0 Å². The number of hydrogen-bond acceptors (Lipinski definition) is 2. The summed E-state index contributed by atoms with van der Waals surface area (Å²) in [6, 6.07) is 3.80. The molecule has 1 saturated carbocycles. The van der Waals surface area contributed by atoms with Gasteiger partial charge in [0.2, 0.25) is 0 Å². The molecule has 0 saturated heterocycles. The summed E-state index contributed by atoms with van der Waals surface area (Å²) >= 11 is 3.04. The van der Waals surface area contributed by atoms with E-state index < -0.39 is 11.6 Å². The van der Waals surface area contributed by atoms with Gasteiger partial charge in [-0.25, -0.2) is 9.18 Å². The van der Waals surface area contributed by atoms with Gasteiger partial charge in [0.05, 0.1) is 10.1 Å². The van der Waals surface area contributed by atoms with Gasteiger partial charge in [-0.2, -0.15) is 0 Å². The predicted octanol–water partition coefficient (Wildman–Crippen LogP) is 2.62. The monoisotopic (exact) mass is 316 g/mol. The lowest BCUT2D eigenvalue weighted by Gasteiger charge is -2.36. The molecule has 0 aliphatic heterocycles. The lowest BCUT2D eigenvalue weighted by molar-refractivity contribution is -0.0287. The number of benzene rings is 1. The van der Waals surface area contributed by atoms with Crippen LogP contribution < -0.4 is 10.6 Å². The van der Waals surface area contributed by atoms with Crippen LogP contribution in [-0.4, -0.2) is 23.3 Å². The Hall–Kier alpha value is -1.14. The summed E-state index contributed by atoms with van der Waals surface area (Å²) in [6.07, 6.45) is 2.43. The van der Waals surface area contributed by atoms with Crippen LogP contribution in [0.5, 0.6) is 0 Å². The fourth-order valence-electron chi connectivity index (χ4n) is 1.76. The molecule has 1 aromatic rings. The molecule has 0 unspecified atom stereocenters. The summed E-state index contributed by atoms with van der Waals surface area (Å²) in [6.45, 7) is 0.237. The zero-order valence-corrected chi connectivity index (χ0v) is 11.3. The average Bonchev–Trinajstić information content (AvgIpc) is 2.29. The molecule has 1 aliphatic rings. The summed E-state index contributed by atoms with van der Waals surface area (Å²) < 4.78 is 13.3. The van der Waals surface area contributed by atoms with Crippen molar-refractivity contribution < 1.29 is 14.3 Å². The highest BCUT2D eigenvalue weighted by molar-refractivity contribution is 9.10. The van der Waals surface area contributed by atoms with Gasteiger partial charge < -0.3 is 15.7 Å². The highest BCUT2D eigenvalue weighted by atomic mass is 79.9. The summed E-state index contributed by atoms with van der Waals surface area (Å²) in [4.78, 5) is 11.6. The Morgan fingerprint density at radius 1 is 1.50 bits per heavy atom. The lowest BCUT2D eigenvalue weighted by atomic mass is 9.80. The van der Waals surface area contributed by atoms with E-state index in [1.54, 1.807) is 0 Å². The Morgan fingerprint density at radius 2 is 2.22 bits per heavy atom. The first kappa shape index (κ1) is 13.3. The van der Waals surface area contributed by atoms with Crippen LogP contribution in [0, 0.1) is 5.82 Å². The van der Waals surface area contributed by atoms with E-state index in [4.69, 9.17) is 0 Å². The molecular formula is C12H14BrFN2O2. The maximum Gasteiger partial charge on any atom is 0.319 e. The molecule has 2 rings (SSSR count). The van der Waals surface area contributed by atoms with Gasteiger partial charge in [0.25, 0.3) is 0 Å². The first-order valence-corrected chi connectivity index (χ1v) is 6.50. The highest BCUT2D eigenvalue weighted by Gasteiger charge is 2.34. The number of aliphatic hydroxyl groups is 1. The first-order chi connectivity index (χ1) is 8.48. The molecule has 0 atom stereocenters. The van der Waals surface area contributed by atoms with Crippen molar-refractivity contribution in [3.63, 3.8) is 0 Å². The molecule has 0 radical (unpaired) electrons. The SMILES string of the molecule is O=C(NCC1(O)CCC1)Nc1ccc(F)c(Br)c1. The minimum Gasteiger partial charge on any atom is -0.388 e. The van der Waals surface area contributed by atoms with Crippen molar-refractivity contribution in [2.75, 3.05) is 11.9 Å². The van der Waals surface area contributed by atoms with E-state index in [-0.39, 0.29) is 16.8 Å². The Balaban J connectivity index is 1.85. The minimum absolute atomic E-state index is 0.237. The van der Waals surface area contributed by atoms with E-state index in [1.165, 1.54) is 18.2 Å². The van der Waals surface area contributed by atoms with E-state index >= 15 is 0 Å². The standard InChI is InChI=1S/C12H14BrFN2O2/c13-9-6-8(2-3-10(9)14)16-11(17)15-7-12(18)4-1-5-12/h2-3,6,18H,1,4-5,7H2,(H2,15,16,17). The predicted molar refractivity (Wildman–Crippen MR) is 69.9 cm³/mol. The zero-order chi connectivity index (χ0) is 13.2. The number of halogens is 2. The van der Waals surface area contributed by atoms with Crippen LogP contribution in [0.2, 0.25) is 0 Å². The molecule has 1 aliphatic carbocycles. The van der Waals surface area contributed by atoms with Crippen molar-refractivity contribution in [3.05, 3.63) is 28.5 Å². The Labute approximate surface area is 113 Å². The van der Waals surface area contributed by atoms with Crippen LogP contribution in [0.15, 0.2) is 22.7 Å². The molecule has 0 aromatic heterocycles. The lowest BCUT2D eigenvalue weighted by Crippen LogP contribution is -2.48.